The predicted octanol–water partition coefficient (Wildman–Crippen LogP) is 3.08. The first-order chi connectivity index (χ1) is 11.1. The largest absolute Gasteiger partial charge is 0.480 e. The predicted molar refractivity (Wildman–Crippen MR) is 83.6 cm³/mol. The fourth-order valence-electron chi connectivity index (χ4n) is 2.78. The minimum atomic E-state index is -0.917. The molecule has 0 radical (unpaired) electrons. The summed E-state index contributed by atoms with van der Waals surface area (Å²) in [5.41, 5.74) is 2.25. The lowest BCUT2D eigenvalue weighted by Gasteiger charge is -2.13. The number of carboxylic acids is 1. The maximum absolute atomic E-state index is 11.6. The summed E-state index contributed by atoms with van der Waals surface area (Å²) in [6.45, 7) is 1.81. The minimum absolute atomic E-state index is 0.169. The van der Waals surface area contributed by atoms with Crippen molar-refractivity contribution in [3.05, 3.63) is 42.5 Å². The molecule has 0 aliphatic carbocycles. The molecule has 23 heavy (non-hydrogen) atoms. The van der Waals surface area contributed by atoms with Crippen LogP contribution in [0.5, 0.6) is 11.5 Å². The number of fused-ring (bicyclic) bond motifs is 2. The molecule has 1 unspecified atom stereocenters. The molecule has 6 heteroatoms. The van der Waals surface area contributed by atoms with Gasteiger partial charge in [-0.1, -0.05) is 30.3 Å². The van der Waals surface area contributed by atoms with Crippen LogP contribution in [0.25, 0.3) is 22.4 Å². The van der Waals surface area contributed by atoms with Crippen LogP contribution in [-0.4, -0.2) is 27.4 Å². The van der Waals surface area contributed by atoms with E-state index >= 15 is 0 Å². The van der Waals surface area contributed by atoms with Gasteiger partial charge in [-0.25, -0.2) is 9.78 Å². The van der Waals surface area contributed by atoms with Crippen LogP contribution in [0.2, 0.25) is 0 Å². The van der Waals surface area contributed by atoms with Gasteiger partial charge in [0.25, 0.3) is 0 Å². The molecule has 1 aromatic heterocycles. The van der Waals surface area contributed by atoms with Gasteiger partial charge in [-0.05, 0) is 6.92 Å². The van der Waals surface area contributed by atoms with E-state index in [2.05, 4.69) is 4.98 Å². The summed E-state index contributed by atoms with van der Waals surface area (Å²) in [5.74, 6) is 0.930. The Labute approximate surface area is 131 Å². The fourth-order valence-corrected chi connectivity index (χ4v) is 2.78. The highest BCUT2D eigenvalue weighted by Gasteiger charge is 2.24. The van der Waals surface area contributed by atoms with E-state index in [1.165, 1.54) is 0 Å². The maximum atomic E-state index is 11.6. The van der Waals surface area contributed by atoms with Crippen molar-refractivity contribution in [2.75, 3.05) is 6.79 Å². The summed E-state index contributed by atoms with van der Waals surface area (Å²) >= 11 is 0. The number of aliphatic carboxylic acids is 1. The summed E-state index contributed by atoms with van der Waals surface area (Å²) in [5, 5.41) is 9.47. The van der Waals surface area contributed by atoms with Crippen LogP contribution in [0.15, 0.2) is 42.5 Å². The maximum Gasteiger partial charge on any atom is 0.326 e. The molecule has 0 fully saturated rings. The molecule has 2 heterocycles. The van der Waals surface area contributed by atoms with Crippen molar-refractivity contribution in [1.29, 1.82) is 0 Å². The lowest BCUT2D eigenvalue weighted by molar-refractivity contribution is -0.140. The third-order valence-electron chi connectivity index (χ3n) is 3.96. The van der Waals surface area contributed by atoms with Crippen LogP contribution < -0.4 is 9.47 Å². The normalized spacial score (nSPS) is 14.1. The number of hydrogen-bond donors (Lipinski definition) is 1. The highest BCUT2D eigenvalue weighted by molar-refractivity contribution is 5.87. The number of aromatic nitrogens is 2. The number of hydrogen-bond acceptors (Lipinski definition) is 4. The summed E-state index contributed by atoms with van der Waals surface area (Å²) in [4.78, 5) is 16.2. The van der Waals surface area contributed by atoms with Gasteiger partial charge in [0.2, 0.25) is 6.79 Å². The van der Waals surface area contributed by atoms with E-state index in [1.54, 1.807) is 23.6 Å². The molecule has 1 N–H and O–H groups in total. The fraction of sp³-hybridized carbons (Fsp3) is 0.176. The van der Waals surface area contributed by atoms with Crippen LogP contribution in [0, 0.1) is 0 Å². The van der Waals surface area contributed by atoms with Gasteiger partial charge in [-0.2, -0.15) is 0 Å². The van der Waals surface area contributed by atoms with E-state index in [4.69, 9.17) is 9.47 Å². The molecule has 1 aliphatic heterocycles. The first-order valence-corrected chi connectivity index (χ1v) is 7.25. The van der Waals surface area contributed by atoms with Gasteiger partial charge in [0.05, 0.1) is 11.0 Å². The standard InChI is InChI=1S/C17H14N2O4/c1-10(17(20)21)19-13-8-15-14(22-9-23-15)7-12(13)18-16(19)11-5-3-2-4-6-11/h2-8,10H,9H2,1H3,(H,20,21). The topological polar surface area (TPSA) is 73.6 Å². The van der Waals surface area contributed by atoms with Crippen molar-refractivity contribution >= 4 is 17.0 Å². The molecule has 0 bridgehead atoms. The molecule has 0 saturated carbocycles. The van der Waals surface area contributed by atoms with Crippen LogP contribution in [0.1, 0.15) is 13.0 Å². The Morgan fingerprint density at radius 1 is 1.22 bits per heavy atom. The van der Waals surface area contributed by atoms with Crippen LogP contribution in [0.4, 0.5) is 0 Å². The first-order valence-electron chi connectivity index (χ1n) is 7.25. The molecule has 116 valence electrons. The summed E-state index contributed by atoms with van der Waals surface area (Å²) in [7, 11) is 0. The number of imidazole rings is 1. The third-order valence-corrected chi connectivity index (χ3v) is 3.96. The second-order valence-electron chi connectivity index (χ2n) is 5.38. The van der Waals surface area contributed by atoms with Gasteiger partial charge in [-0.15, -0.1) is 0 Å². The number of benzene rings is 2. The van der Waals surface area contributed by atoms with Crippen LogP contribution >= 0.6 is 0 Å². The van der Waals surface area contributed by atoms with Gasteiger partial charge < -0.3 is 19.1 Å². The van der Waals surface area contributed by atoms with E-state index in [-0.39, 0.29) is 6.79 Å². The average molecular weight is 310 g/mol. The van der Waals surface area contributed by atoms with Gasteiger partial charge >= 0.3 is 5.97 Å². The molecule has 1 atom stereocenters. The van der Waals surface area contributed by atoms with Crippen molar-refractivity contribution < 1.29 is 19.4 Å². The zero-order valence-electron chi connectivity index (χ0n) is 12.4. The number of carboxylic acid groups (broad SMARTS) is 1. The number of carbonyl (C=O) groups is 1. The van der Waals surface area contributed by atoms with E-state index < -0.39 is 12.0 Å². The summed E-state index contributed by atoms with van der Waals surface area (Å²) in [6, 6.07) is 12.3. The number of ether oxygens (including phenoxy) is 2. The van der Waals surface area contributed by atoms with Crippen molar-refractivity contribution in [1.82, 2.24) is 9.55 Å². The second-order valence-corrected chi connectivity index (χ2v) is 5.38. The van der Waals surface area contributed by atoms with E-state index in [0.717, 1.165) is 5.56 Å². The van der Waals surface area contributed by atoms with Crippen LogP contribution in [0.3, 0.4) is 0 Å². The Balaban J connectivity index is 2.02. The summed E-state index contributed by atoms with van der Waals surface area (Å²) in [6.07, 6.45) is 0. The summed E-state index contributed by atoms with van der Waals surface area (Å²) < 4.78 is 12.5. The van der Waals surface area contributed by atoms with Crippen LogP contribution in [-0.2, 0) is 4.79 Å². The molecular formula is C17H14N2O4. The number of rotatable bonds is 3. The monoisotopic (exact) mass is 310 g/mol. The Bertz CT molecular complexity index is 902. The molecule has 0 saturated heterocycles. The van der Waals surface area contributed by atoms with E-state index in [0.29, 0.717) is 28.4 Å². The highest BCUT2D eigenvalue weighted by Crippen LogP contribution is 2.38. The van der Waals surface area contributed by atoms with E-state index in [1.807, 2.05) is 30.3 Å². The minimum Gasteiger partial charge on any atom is -0.480 e. The molecular weight excluding hydrogens is 296 g/mol. The number of nitrogens with zero attached hydrogens (tertiary/aromatic N) is 2. The molecule has 0 spiro atoms. The SMILES string of the molecule is CC(C(=O)O)n1c(-c2ccccc2)nc2cc3c(cc21)OCO3. The zero-order chi connectivity index (χ0) is 16.0. The molecule has 0 amide bonds. The molecule has 2 aromatic carbocycles. The Morgan fingerprint density at radius 3 is 2.61 bits per heavy atom. The van der Waals surface area contributed by atoms with Crippen molar-refractivity contribution in [3.63, 3.8) is 0 Å². The van der Waals surface area contributed by atoms with Gasteiger partial charge in [-0.3, -0.25) is 0 Å². The van der Waals surface area contributed by atoms with Crippen molar-refractivity contribution in [3.8, 4) is 22.9 Å². The van der Waals surface area contributed by atoms with Gasteiger partial charge in [0, 0.05) is 17.7 Å². The first kappa shape index (κ1) is 13.6. The second kappa shape index (κ2) is 5.01. The highest BCUT2D eigenvalue weighted by atomic mass is 16.7. The average Bonchev–Trinajstić information content (AvgIpc) is 3.16. The molecule has 4 rings (SSSR count). The van der Waals surface area contributed by atoms with Crippen molar-refractivity contribution in [2.45, 2.75) is 13.0 Å². The smallest absolute Gasteiger partial charge is 0.326 e. The van der Waals surface area contributed by atoms with Gasteiger partial charge in [0.1, 0.15) is 11.9 Å². The quantitative estimate of drug-likeness (QED) is 0.804. The third kappa shape index (κ3) is 2.11. The molecule has 6 nitrogen and oxygen atoms in total. The molecule has 1 aliphatic rings. The van der Waals surface area contributed by atoms with Gasteiger partial charge in [0.15, 0.2) is 11.5 Å². The Morgan fingerprint density at radius 2 is 1.91 bits per heavy atom. The lowest BCUT2D eigenvalue weighted by atomic mass is 10.2. The van der Waals surface area contributed by atoms with Crippen molar-refractivity contribution in [2.24, 2.45) is 0 Å². The lowest BCUT2D eigenvalue weighted by Crippen LogP contribution is -2.16. The Hall–Kier alpha value is -3.02. The Kier molecular flexibility index (Phi) is 2.97. The zero-order valence-corrected chi connectivity index (χ0v) is 12.4. The van der Waals surface area contributed by atoms with E-state index in [9.17, 15) is 9.90 Å². The molecule has 3 aromatic rings.